The van der Waals surface area contributed by atoms with Crippen molar-refractivity contribution in [1.82, 2.24) is 5.32 Å². The number of anilines is 1. The van der Waals surface area contributed by atoms with Crippen molar-refractivity contribution in [2.75, 3.05) is 18.4 Å². The predicted molar refractivity (Wildman–Crippen MR) is 72.0 cm³/mol. The molecule has 0 spiro atoms. The summed E-state index contributed by atoms with van der Waals surface area (Å²) in [5, 5.41) is 10.9. The minimum absolute atomic E-state index is 0.0834. The molecule has 7 heteroatoms. The van der Waals surface area contributed by atoms with E-state index in [1.165, 1.54) is 12.1 Å². The van der Waals surface area contributed by atoms with Gasteiger partial charge < -0.3 is 10.6 Å². The molecule has 1 saturated carbocycles. The third-order valence-electron chi connectivity index (χ3n) is 2.88. The molecular formula is C12H17N3O3S. The van der Waals surface area contributed by atoms with E-state index in [0.717, 1.165) is 18.5 Å². The quantitative estimate of drug-likeness (QED) is 0.652. The molecular weight excluding hydrogens is 266 g/mol. The maximum absolute atomic E-state index is 11.4. The smallest absolute Gasteiger partial charge is 0.238 e. The van der Waals surface area contributed by atoms with Crippen molar-refractivity contribution in [1.29, 1.82) is 0 Å². The fraction of sp³-hybridized carbons (Fsp3) is 0.417. The number of sulfonamides is 1. The Balaban J connectivity index is 1.75. The maximum atomic E-state index is 11.4. The topological polar surface area (TPSA) is 101 Å². The van der Waals surface area contributed by atoms with Gasteiger partial charge in [0.15, 0.2) is 0 Å². The minimum Gasteiger partial charge on any atom is -0.383 e. The first-order valence-corrected chi connectivity index (χ1v) is 7.66. The minimum atomic E-state index is -3.64. The molecule has 1 aliphatic carbocycles. The Hall–Kier alpha value is -1.60. The first kappa shape index (κ1) is 13.8. The number of carbonyl (C=O) groups is 1. The zero-order chi connectivity index (χ0) is 13.9. The van der Waals surface area contributed by atoms with Gasteiger partial charge in [0.25, 0.3) is 0 Å². The molecule has 1 aliphatic rings. The molecule has 6 nitrogen and oxygen atoms in total. The van der Waals surface area contributed by atoms with Crippen LogP contribution >= 0.6 is 0 Å². The molecule has 0 heterocycles. The number of nitrogens with two attached hydrogens (primary N) is 1. The molecule has 19 heavy (non-hydrogen) atoms. The number of nitrogens with one attached hydrogen (secondary N) is 2. The molecule has 2 rings (SSSR count). The van der Waals surface area contributed by atoms with Crippen LogP contribution in [0.25, 0.3) is 0 Å². The van der Waals surface area contributed by atoms with Crippen LogP contribution in [-0.2, 0) is 14.8 Å². The summed E-state index contributed by atoms with van der Waals surface area (Å²) in [5.74, 6) is 0.334. The number of hydrogen-bond donors (Lipinski definition) is 3. The van der Waals surface area contributed by atoms with E-state index in [0.29, 0.717) is 13.1 Å². The second kappa shape index (κ2) is 5.58. The Morgan fingerprint density at radius 2 is 1.84 bits per heavy atom. The largest absolute Gasteiger partial charge is 0.383 e. The van der Waals surface area contributed by atoms with Crippen LogP contribution in [0.15, 0.2) is 29.2 Å². The van der Waals surface area contributed by atoms with E-state index in [1.54, 1.807) is 12.1 Å². The number of amides is 1. The average molecular weight is 283 g/mol. The Morgan fingerprint density at radius 3 is 2.37 bits per heavy atom. The molecule has 1 aromatic carbocycles. The van der Waals surface area contributed by atoms with Crippen molar-refractivity contribution >= 4 is 21.6 Å². The molecule has 0 aromatic heterocycles. The summed E-state index contributed by atoms with van der Waals surface area (Å²) in [6.07, 6.45) is 1.99. The Bertz CT molecular complexity index is 550. The number of rotatable bonds is 6. The number of primary sulfonamides is 1. The van der Waals surface area contributed by atoms with Crippen molar-refractivity contribution in [2.24, 2.45) is 11.1 Å². The zero-order valence-electron chi connectivity index (χ0n) is 10.4. The van der Waals surface area contributed by atoms with Crippen LogP contribution in [0, 0.1) is 5.92 Å². The number of carbonyl (C=O) groups excluding carboxylic acids is 1. The monoisotopic (exact) mass is 283 g/mol. The van der Waals surface area contributed by atoms with Gasteiger partial charge in [-0.3, -0.25) is 4.79 Å². The third-order valence-corrected chi connectivity index (χ3v) is 3.81. The predicted octanol–water partition coefficient (Wildman–Crippen LogP) is 0.272. The Morgan fingerprint density at radius 1 is 1.21 bits per heavy atom. The summed E-state index contributed by atoms with van der Waals surface area (Å²) in [5.41, 5.74) is 0.785. The molecule has 1 amide bonds. The van der Waals surface area contributed by atoms with Crippen molar-refractivity contribution in [2.45, 2.75) is 17.7 Å². The van der Waals surface area contributed by atoms with Gasteiger partial charge in [-0.25, -0.2) is 13.6 Å². The van der Waals surface area contributed by atoms with E-state index in [4.69, 9.17) is 5.14 Å². The Kier molecular flexibility index (Phi) is 4.06. The molecule has 1 aromatic rings. The summed E-state index contributed by atoms with van der Waals surface area (Å²) in [7, 11) is -3.64. The summed E-state index contributed by atoms with van der Waals surface area (Å²) in [4.78, 5) is 11.4. The molecule has 0 unspecified atom stereocenters. The van der Waals surface area contributed by atoms with Crippen LogP contribution in [0.3, 0.4) is 0 Å². The second-order valence-electron chi connectivity index (χ2n) is 4.56. The van der Waals surface area contributed by atoms with Gasteiger partial charge in [0.2, 0.25) is 15.9 Å². The van der Waals surface area contributed by atoms with Crippen LogP contribution < -0.4 is 15.8 Å². The lowest BCUT2D eigenvalue weighted by molar-refractivity contribution is -0.122. The van der Waals surface area contributed by atoms with E-state index in [2.05, 4.69) is 10.6 Å². The average Bonchev–Trinajstić information content (AvgIpc) is 3.18. The van der Waals surface area contributed by atoms with Gasteiger partial charge in [-0.15, -0.1) is 0 Å². The standard InChI is InChI=1S/C12H17N3O3S/c13-19(17,18)11-5-3-10(4-6-11)14-7-8-15-12(16)9-1-2-9/h3-6,9,14H,1-2,7-8H2,(H,15,16)(H2,13,17,18). The molecule has 0 saturated heterocycles. The van der Waals surface area contributed by atoms with Gasteiger partial charge in [-0.1, -0.05) is 0 Å². The molecule has 1 fully saturated rings. The molecule has 4 N–H and O–H groups in total. The SMILES string of the molecule is NS(=O)(=O)c1ccc(NCCNC(=O)C2CC2)cc1. The fourth-order valence-electron chi connectivity index (χ4n) is 1.64. The first-order valence-electron chi connectivity index (χ1n) is 6.11. The van der Waals surface area contributed by atoms with Crippen LogP contribution in [0.1, 0.15) is 12.8 Å². The van der Waals surface area contributed by atoms with Crippen LogP contribution in [-0.4, -0.2) is 27.4 Å². The van der Waals surface area contributed by atoms with Gasteiger partial charge in [-0.2, -0.15) is 0 Å². The molecule has 104 valence electrons. The van der Waals surface area contributed by atoms with E-state index < -0.39 is 10.0 Å². The van der Waals surface area contributed by atoms with Crippen LogP contribution in [0.4, 0.5) is 5.69 Å². The van der Waals surface area contributed by atoms with Gasteiger partial charge in [0.05, 0.1) is 4.90 Å². The molecule has 0 aliphatic heterocycles. The van der Waals surface area contributed by atoms with Crippen LogP contribution in [0.5, 0.6) is 0 Å². The summed E-state index contributed by atoms with van der Waals surface area (Å²) in [6, 6.07) is 6.17. The highest BCUT2D eigenvalue weighted by atomic mass is 32.2. The van der Waals surface area contributed by atoms with Gasteiger partial charge in [-0.05, 0) is 37.1 Å². The zero-order valence-corrected chi connectivity index (χ0v) is 11.2. The molecule has 0 atom stereocenters. The number of benzene rings is 1. The normalized spacial score (nSPS) is 15.0. The van der Waals surface area contributed by atoms with Crippen molar-refractivity contribution in [3.63, 3.8) is 0 Å². The summed E-state index contributed by atoms with van der Waals surface area (Å²) in [6.45, 7) is 1.14. The lowest BCUT2D eigenvalue weighted by Gasteiger charge is -2.08. The fourth-order valence-corrected chi connectivity index (χ4v) is 2.16. The van der Waals surface area contributed by atoms with E-state index in [1.807, 2.05) is 0 Å². The second-order valence-corrected chi connectivity index (χ2v) is 6.12. The first-order chi connectivity index (χ1) is 8.97. The highest BCUT2D eigenvalue weighted by Gasteiger charge is 2.28. The van der Waals surface area contributed by atoms with Crippen molar-refractivity contribution in [3.05, 3.63) is 24.3 Å². The Labute approximate surface area is 112 Å². The van der Waals surface area contributed by atoms with Gasteiger partial charge >= 0.3 is 0 Å². The third kappa shape index (κ3) is 4.22. The summed E-state index contributed by atoms with van der Waals surface area (Å²) < 4.78 is 22.1. The maximum Gasteiger partial charge on any atom is 0.238 e. The van der Waals surface area contributed by atoms with Crippen LogP contribution in [0.2, 0.25) is 0 Å². The van der Waals surface area contributed by atoms with Crippen molar-refractivity contribution in [3.8, 4) is 0 Å². The lowest BCUT2D eigenvalue weighted by Crippen LogP contribution is -2.29. The van der Waals surface area contributed by atoms with E-state index in [9.17, 15) is 13.2 Å². The van der Waals surface area contributed by atoms with E-state index in [-0.39, 0.29) is 16.7 Å². The summed E-state index contributed by atoms with van der Waals surface area (Å²) >= 11 is 0. The van der Waals surface area contributed by atoms with E-state index >= 15 is 0 Å². The van der Waals surface area contributed by atoms with Crippen molar-refractivity contribution < 1.29 is 13.2 Å². The highest BCUT2D eigenvalue weighted by molar-refractivity contribution is 7.89. The van der Waals surface area contributed by atoms with Gasteiger partial charge in [0.1, 0.15) is 0 Å². The lowest BCUT2D eigenvalue weighted by atomic mass is 10.3. The number of hydrogen-bond acceptors (Lipinski definition) is 4. The molecule has 0 radical (unpaired) electrons. The van der Waals surface area contributed by atoms with Gasteiger partial charge in [0, 0.05) is 24.7 Å². The molecule has 0 bridgehead atoms. The highest BCUT2D eigenvalue weighted by Crippen LogP contribution is 2.28.